The smallest absolute Gasteiger partial charge is 0.193 e. The van der Waals surface area contributed by atoms with Crippen LogP contribution in [0.4, 0.5) is 4.39 Å². The zero-order valence-corrected chi connectivity index (χ0v) is 11.2. The highest BCUT2D eigenvalue weighted by molar-refractivity contribution is 7.71. The minimum Gasteiger partial charge on any atom is -0.443 e. The highest BCUT2D eigenvalue weighted by atomic mass is 35.5. The lowest BCUT2D eigenvalue weighted by atomic mass is 10.2. The first kappa shape index (κ1) is 12.3. The molecule has 19 heavy (non-hydrogen) atoms. The Kier molecular flexibility index (Phi) is 3.08. The van der Waals surface area contributed by atoms with Crippen molar-refractivity contribution < 1.29 is 8.81 Å². The van der Waals surface area contributed by atoms with Crippen molar-refractivity contribution in [1.29, 1.82) is 0 Å². The highest BCUT2D eigenvalue weighted by Gasteiger charge is 2.13. The molecule has 1 aromatic heterocycles. The van der Waals surface area contributed by atoms with Crippen molar-refractivity contribution in [3.63, 3.8) is 0 Å². The minimum absolute atomic E-state index is 0.337. The molecule has 0 atom stereocenters. The SMILES string of the molecule is Fc1cc2oc(=S)cc-2n(Cc2ccc(Cl)nc2)c1. The Labute approximate surface area is 118 Å². The topological polar surface area (TPSA) is 31.0 Å². The third kappa shape index (κ3) is 2.52. The summed E-state index contributed by atoms with van der Waals surface area (Å²) in [5.41, 5.74) is 1.66. The van der Waals surface area contributed by atoms with Gasteiger partial charge in [-0.1, -0.05) is 17.7 Å². The number of aromatic nitrogens is 2. The Morgan fingerprint density at radius 2 is 2.21 bits per heavy atom. The molecule has 0 spiro atoms. The van der Waals surface area contributed by atoms with Crippen LogP contribution in [0, 0.1) is 10.5 Å². The second kappa shape index (κ2) is 4.75. The zero-order valence-electron chi connectivity index (χ0n) is 9.64. The van der Waals surface area contributed by atoms with E-state index in [0.29, 0.717) is 22.2 Å². The van der Waals surface area contributed by atoms with Gasteiger partial charge in [-0.3, -0.25) is 0 Å². The lowest BCUT2D eigenvalue weighted by Gasteiger charge is -2.11. The lowest BCUT2D eigenvalue weighted by molar-refractivity contribution is 0.544. The number of hydrogen-bond acceptors (Lipinski definition) is 3. The number of fused-ring (bicyclic) bond motifs is 1. The maximum Gasteiger partial charge on any atom is 0.193 e. The van der Waals surface area contributed by atoms with Crippen molar-refractivity contribution in [2.75, 3.05) is 0 Å². The van der Waals surface area contributed by atoms with Crippen molar-refractivity contribution in [2.24, 2.45) is 0 Å². The van der Waals surface area contributed by atoms with Crippen molar-refractivity contribution in [1.82, 2.24) is 9.55 Å². The van der Waals surface area contributed by atoms with Crippen LogP contribution >= 0.6 is 23.8 Å². The summed E-state index contributed by atoms with van der Waals surface area (Å²) in [6, 6.07) is 6.56. The van der Waals surface area contributed by atoms with Crippen LogP contribution in [0.1, 0.15) is 5.56 Å². The molecule has 0 aromatic carbocycles. The van der Waals surface area contributed by atoms with E-state index in [1.165, 1.54) is 12.3 Å². The van der Waals surface area contributed by atoms with Gasteiger partial charge in [0, 0.05) is 31.1 Å². The zero-order chi connectivity index (χ0) is 13.4. The van der Waals surface area contributed by atoms with Gasteiger partial charge in [-0.25, -0.2) is 9.37 Å². The van der Waals surface area contributed by atoms with E-state index >= 15 is 0 Å². The summed E-state index contributed by atoms with van der Waals surface area (Å²) in [7, 11) is 0. The van der Waals surface area contributed by atoms with Gasteiger partial charge in [-0.15, -0.1) is 0 Å². The van der Waals surface area contributed by atoms with Gasteiger partial charge in [0.05, 0.1) is 5.69 Å². The first-order valence-electron chi connectivity index (χ1n) is 5.52. The Morgan fingerprint density at radius 3 is 2.95 bits per heavy atom. The lowest BCUT2D eigenvalue weighted by Crippen LogP contribution is -2.05. The molecule has 6 heteroatoms. The van der Waals surface area contributed by atoms with Crippen LogP contribution in [0.5, 0.6) is 0 Å². The quantitative estimate of drug-likeness (QED) is 0.525. The average molecular weight is 295 g/mol. The molecule has 0 N–H and O–H groups in total. The van der Waals surface area contributed by atoms with E-state index in [1.54, 1.807) is 22.9 Å². The first-order chi connectivity index (χ1) is 9.11. The third-order valence-corrected chi connectivity index (χ3v) is 3.14. The molecule has 2 aliphatic heterocycles. The maximum atomic E-state index is 13.5. The number of hydrogen-bond donors (Lipinski definition) is 0. The fourth-order valence-corrected chi connectivity index (χ4v) is 2.22. The molecule has 0 saturated heterocycles. The van der Waals surface area contributed by atoms with Gasteiger partial charge >= 0.3 is 0 Å². The fraction of sp³-hybridized carbons (Fsp3) is 0.0769. The predicted octanol–water partition coefficient (Wildman–Crippen LogP) is 4.15. The molecule has 3 rings (SSSR count). The Hall–Kier alpha value is -1.72. The Morgan fingerprint density at radius 1 is 1.37 bits per heavy atom. The molecule has 3 heterocycles. The molecule has 2 aliphatic rings. The summed E-state index contributed by atoms with van der Waals surface area (Å²) in [6.07, 6.45) is 3.06. The van der Waals surface area contributed by atoms with Gasteiger partial charge in [0.1, 0.15) is 11.0 Å². The second-order valence-corrected chi connectivity index (χ2v) is 4.88. The van der Waals surface area contributed by atoms with Crippen molar-refractivity contribution >= 4 is 23.8 Å². The monoisotopic (exact) mass is 294 g/mol. The molecule has 1 aromatic rings. The highest BCUT2D eigenvalue weighted by Crippen LogP contribution is 2.26. The van der Waals surface area contributed by atoms with Gasteiger partial charge in [-0.05, 0) is 23.8 Å². The number of pyridine rings is 2. The summed E-state index contributed by atoms with van der Waals surface area (Å²) in [5.74, 6) is 0.0608. The van der Waals surface area contributed by atoms with Crippen LogP contribution in [0.15, 0.2) is 41.1 Å². The van der Waals surface area contributed by atoms with Crippen LogP contribution in [0.3, 0.4) is 0 Å². The molecule has 3 nitrogen and oxygen atoms in total. The normalized spacial score (nSPS) is 11.1. The Balaban J connectivity index is 2.05. The second-order valence-electron chi connectivity index (χ2n) is 4.09. The number of nitrogens with zero attached hydrogens (tertiary/aromatic N) is 2. The molecule has 0 aliphatic carbocycles. The molecular weight excluding hydrogens is 287 g/mol. The van der Waals surface area contributed by atoms with Crippen LogP contribution in [0.2, 0.25) is 5.15 Å². The molecule has 0 unspecified atom stereocenters. The van der Waals surface area contributed by atoms with E-state index in [2.05, 4.69) is 4.98 Å². The van der Waals surface area contributed by atoms with Gasteiger partial charge < -0.3 is 8.98 Å². The molecule has 0 bridgehead atoms. The standard InChI is InChI=1S/C13H8ClFN2OS/c14-12-2-1-8(5-16-12)6-17-7-9(15)3-11-10(17)4-13(19)18-11/h1-5,7H,6H2. The van der Waals surface area contributed by atoms with E-state index in [4.69, 9.17) is 28.2 Å². The molecule has 0 amide bonds. The fourth-order valence-electron chi connectivity index (χ4n) is 1.91. The van der Waals surface area contributed by atoms with Crippen molar-refractivity contribution in [3.05, 3.63) is 57.9 Å². The molecule has 96 valence electrons. The van der Waals surface area contributed by atoms with E-state index < -0.39 is 0 Å². The van der Waals surface area contributed by atoms with Crippen LogP contribution in [-0.4, -0.2) is 9.55 Å². The predicted molar refractivity (Wildman–Crippen MR) is 72.5 cm³/mol. The van der Waals surface area contributed by atoms with Gasteiger partial charge in [-0.2, -0.15) is 0 Å². The van der Waals surface area contributed by atoms with E-state index in [-0.39, 0.29) is 5.82 Å². The van der Waals surface area contributed by atoms with Crippen molar-refractivity contribution in [3.8, 4) is 11.5 Å². The summed E-state index contributed by atoms with van der Waals surface area (Å²) in [4.78, 5) is 4.00. The molecule has 0 radical (unpaired) electrons. The van der Waals surface area contributed by atoms with Crippen molar-refractivity contribution in [2.45, 2.75) is 6.54 Å². The van der Waals surface area contributed by atoms with Gasteiger partial charge in [0.25, 0.3) is 0 Å². The number of halogens is 2. The first-order valence-corrected chi connectivity index (χ1v) is 6.30. The summed E-state index contributed by atoms with van der Waals surface area (Å²) >= 11 is 10.7. The third-order valence-electron chi connectivity index (χ3n) is 2.72. The minimum atomic E-state index is -0.376. The Bertz CT molecular complexity index is 750. The summed E-state index contributed by atoms with van der Waals surface area (Å²) in [5, 5.41) is 0.425. The summed E-state index contributed by atoms with van der Waals surface area (Å²) in [6.45, 7) is 0.465. The van der Waals surface area contributed by atoms with Crippen LogP contribution in [-0.2, 0) is 6.54 Å². The molecule has 0 fully saturated rings. The summed E-state index contributed by atoms with van der Waals surface area (Å²) < 4.78 is 20.9. The van der Waals surface area contributed by atoms with Gasteiger partial charge in [0.15, 0.2) is 10.5 Å². The number of rotatable bonds is 2. The van der Waals surface area contributed by atoms with E-state index in [9.17, 15) is 4.39 Å². The largest absolute Gasteiger partial charge is 0.443 e. The average Bonchev–Trinajstić information content (AvgIpc) is 2.72. The van der Waals surface area contributed by atoms with Crippen LogP contribution < -0.4 is 0 Å². The van der Waals surface area contributed by atoms with Gasteiger partial charge in [0.2, 0.25) is 0 Å². The van der Waals surface area contributed by atoms with Crippen LogP contribution in [0.25, 0.3) is 11.5 Å². The number of furan rings is 1. The maximum absolute atomic E-state index is 13.5. The molecule has 0 saturated carbocycles. The van der Waals surface area contributed by atoms with E-state index in [0.717, 1.165) is 11.3 Å². The molecular formula is C13H8ClFN2OS. The van der Waals surface area contributed by atoms with E-state index in [1.807, 2.05) is 6.07 Å².